The summed E-state index contributed by atoms with van der Waals surface area (Å²) < 4.78 is 1.45. The van der Waals surface area contributed by atoms with E-state index in [1.54, 1.807) is 6.92 Å². The van der Waals surface area contributed by atoms with E-state index in [0.717, 1.165) is 30.4 Å². The van der Waals surface area contributed by atoms with Crippen LogP contribution in [0.4, 0.5) is 4.79 Å². The molecule has 116 valence electrons. The minimum atomic E-state index is -0.871. The molecule has 1 aromatic rings. The summed E-state index contributed by atoms with van der Waals surface area (Å²) in [6.07, 6.45) is 5.74. The number of rotatable bonds is 4. The number of hydrogen-bond acceptors (Lipinski definition) is 6. The van der Waals surface area contributed by atoms with Gasteiger partial charge in [0, 0.05) is 5.92 Å². The first kappa shape index (κ1) is 15.6. The third-order valence-corrected chi connectivity index (χ3v) is 4.62. The van der Waals surface area contributed by atoms with Gasteiger partial charge in [-0.15, -0.1) is 10.2 Å². The van der Waals surface area contributed by atoms with E-state index in [4.69, 9.17) is 11.6 Å². The Kier molecular flexibility index (Phi) is 5.05. The maximum atomic E-state index is 11.6. The summed E-state index contributed by atoms with van der Waals surface area (Å²) in [6, 6.07) is -0.871. The van der Waals surface area contributed by atoms with Crippen molar-refractivity contribution < 1.29 is 9.59 Å². The molecule has 1 aliphatic carbocycles. The van der Waals surface area contributed by atoms with Gasteiger partial charge in [0.1, 0.15) is 0 Å². The molecule has 5 N–H and O–H groups in total. The summed E-state index contributed by atoms with van der Waals surface area (Å²) in [5.74, 6) is 6.65. The van der Waals surface area contributed by atoms with Gasteiger partial charge in [0.05, 0.1) is 5.25 Å². The lowest BCUT2D eigenvalue weighted by molar-refractivity contribution is -0.119. The average Bonchev–Trinajstić information content (AvgIpc) is 2.80. The quantitative estimate of drug-likeness (QED) is 0.555. The maximum Gasteiger partial charge on any atom is 0.318 e. The predicted octanol–water partition coefficient (Wildman–Crippen LogP) is 0.715. The van der Waals surface area contributed by atoms with Crippen LogP contribution < -0.4 is 16.9 Å². The Morgan fingerprint density at radius 1 is 1.33 bits per heavy atom. The molecule has 0 aromatic carbocycles. The third-order valence-electron chi connectivity index (χ3n) is 3.56. The van der Waals surface area contributed by atoms with Gasteiger partial charge in [-0.25, -0.2) is 9.47 Å². The number of amides is 3. The molecule has 1 aromatic heterocycles. The fraction of sp³-hybridized carbons (Fsp3) is 0.667. The zero-order valence-electron chi connectivity index (χ0n) is 11.9. The highest BCUT2D eigenvalue weighted by Crippen LogP contribution is 2.32. The van der Waals surface area contributed by atoms with Gasteiger partial charge in [0.25, 0.3) is 0 Å². The number of primary amides is 1. The molecule has 1 saturated carbocycles. The third kappa shape index (κ3) is 3.87. The highest BCUT2D eigenvalue weighted by molar-refractivity contribution is 8.00. The minimum absolute atomic E-state index is 0.334. The number of aromatic nitrogens is 3. The van der Waals surface area contributed by atoms with Crippen LogP contribution in [0.5, 0.6) is 0 Å². The Bertz CT molecular complexity index is 526. The van der Waals surface area contributed by atoms with E-state index >= 15 is 0 Å². The lowest BCUT2D eigenvalue weighted by Crippen LogP contribution is -2.39. The van der Waals surface area contributed by atoms with E-state index in [2.05, 4.69) is 10.2 Å². The molecule has 0 bridgehead atoms. The second-order valence-electron chi connectivity index (χ2n) is 5.16. The van der Waals surface area contributed by atoms with E-state index in [-0.39, 0.29) is 0 Å². The molecule has 1 heterocycles. The van der Waals surface area contributed by atoms with Crippen molar-refractivity contribution in [1.29, 1.82) is 0 Å². The zero-order valence-corrected chi connectivity index (χ0v) is 12.7. The van der Waals surface area contributed by atoms with Crippen molar-refractivity contribution in [2.24, 2.45) is 5.73 Å². The Morgan fingerprint density at radius 2 is 2.00 bits per heavy atom. The first-order valence-electron chi connectivity index (χ1n) is 6.96. The summed E-state index contributed by atoms with van der Waals surface area (Å²) in [7, 11) is 0. The number of carbonyl (C=O) groups excluding carboxylic acids is 2. The lowest BCUT2D eigenvalue weighted by Gasteiger charge is -2.20. The topological polar surface area (TPSA) is 129 Å². The number of imide groups is 1. The number of nitrogens with zero attached hydrogens (tertiary/aromatic N) is 3. The lowest BCUT2D eigenvalue weighted by atomic mass is 9.89. The van der Waals surface area contributed by atoms with Gasteiger partial charge in [0.15, 0.2) is 5.82 Å². The van der Waals surface area contributed by atoms with Crippen molar-refractivity contribution in [2.45, 2.75) is 55.4 Å². The van der Waals surface area contributed by atoms with Crippen LogP contribution in [0, 0.1) is 0 Å². The van der Waals surface area contributed by atoms with Crippen molar-refractivity contribution >= 4 is 23.7 Å². The first-order valence-corrected chi connectivity index (χ1v) is 7.84. The van der Waals surface area contributed by atoms with Crippen molar-refractivity contribution in [2.75, 3.05) is 5.84 Å². The van der Waals surface area contributed by atoms with Gasteiger partial charge in [0.2, 0.25) is 11.1 Å². The van der Waals surface area contributed by atoms with Crippen molar-refractivity contribution in [3.8, 4) is 0 Å². The van der Waals surface area contributed by atoms with E-state index in [0.29, 0.717) is 11.1 Å². The number of thioether (sulfide) groups is 1. The monoisotopic (exact) mass is 312 g/mol. The van der Waals surface area contributed by atoms with E-state index in [1.807, 2.05) is 5.32 Å². The molecule has 9 heteroatoms. The van der Waals surface area contributed by atoms with E-state index < -0.39 is 17.2 Å². The molecular formula is C12H20N6O2S. The van der Waals surface area contributed by atoms with E-state index in [9.17, 15) is 9.59 Å². The van der Waals surface area contributed by atoms with Gasteiger partial charge in [-0.3, -0.25) is 10.1 Å². The molecule has 1 unspecified atom stereocenters. The summed E-state index contributed by atoms with van der Waals surface area (Å²) >= 11 is 1.15. The Hall–Kier alpha value is -1.77. The molecular weight excluding hydrogens is 292 g/mol. The smallest absolute Gasteiger partial charge is 0.318 e. The Labute approximate surface area is 127 Å². The number of nitrogens with two attached hydrogens (primary N) is 2. The van der Waals surface area contributed by atoms with Gasteiger partial charge < -0.3 is 11.6 Å². The van der Waals surface area contributed by atoms with E-state index in [1.165, 1.54) is 23.9 Å². The molecule has 1 aliphatic rings. The van der Waals surface area contributed by atoms with Gasteiger partial charge >= 0.3 is 6.03 Å². The summed E-state index contributed by atoms with van der Waals surface area (Å²) in [6.45, 7) is 1.65. The predicted molar refractivity (Wildman–Crippen MR) is 79.0 cm³/mol. The molecule has 8 nitrogen and oxygen atoms in total. The van der Waals surface area contributed by atoms with Crippen LogP contribution in [0.15, 0.2) is 5.16 Å². The Morgan fingerprint density at radius 3 is 2.62 bits per heavy atom. The van der Waals surface area contributed by atoms with Crippen LogP contribution >= 0.6 is 11.8 Å². The molecule has 0 radical (unpaired) electrons. The molecule has 21 heavy (non-hydrogen) atoms. The molecule has 1 fully saturated rings. The van der Waals surface area contributed by atoms with Crippen molar-refractivity contribution in [3.05, 3.63) is 5.82 Å². The first-order chi connectivity index (χ1) is 9.99. The number of urea groups is 1. The van der Waals surface area contributed by atoms with Crippen LogP contribution in [0.3, 0.4) is 0 Å². The Balaban J connectivity index is 2.02. The minimum Gasteiger partial charge on any atom is -0.351 e. The molecule has 2 rings (SSSR count). The van der Waals surface area contributed by atoms with Crippen LogP contribution in [-0.2, 0) is 4.79 Å². The second-order valence-corrected chi connectivity index (χ2v) is 6.47. The number of nitrogens with one attached hydrogen (secondary N) is 1. The summed E-state index contributed by atoms with van der Waals surface area (Å²) in [5.41, 5.74) is 4.92. The standard InChI is InChI=1S/C12H20N6O2S/c1-7(10(19)15-11(13)20)21-12-17-16-9(18(12)14)8-5-3-2-4-6-8/h7-8H,2-6,14H2,1H3,(H3,13,15,19,20). The van der Waals surface area contributed by atoms with Gasteiger partial charge in [-0.1, -0.05) is 31.0 Å². The number of carbonyl (C=O) groups is 2. The maximum absolute atomic E-state index is 11.6. The average molecular weight is 312 g/mol. The number of nitrogen functional groups attached to an aromatic ring is 1. The fourth-order valence-electron chi connectivity index (χ4n) is 2.44. The highest BCUT2D eigenvalue weighted by Gasteiger charge is 2.25. The molecule has 0 spiro atoms. The van der Waals surface area contributed by atoms with Crippen molar-refractivity contribution in [3.63, 3.8) is 0 Å². The van der Waals surface area contributed by atoms with Crippen LogP contribution in [0.25, 0.3) is 0 Å². The summed E-state index contributed by atoms with van der Waals surface area (Å²) in [4.78, 5) is 22.3. The summed E-state index contributed by atoms with van der Waals surface area (Å²) in [5, 5.41) is 10.2. The largest absolute Gasteiger partial charge is 0.351 e. The molecule has 0 aliphatic heterocycles. The van der Waals surface area contributed by atoms with Crippen LogP contribution in [0.2, 0.25) is 0 Å². The molecule has 3 amide bonds. The molecule has 1 atom stereocenters. The normalized spacial score (nSPS) is 17.4. The zero-order chi connectivity index (χ0) is 15.4. The number of hydrogen-bond donors (Lipinski definition) is 3. The highest BCUT2D eigenvalue weighted by atomic mass is 32.2. The molecule has 0 saturated heterocycles. The SMILES string of the molecule is CC(Sc1nnc(C2CCCCC2)n1N)C(=O)NC(N)=O. The second kappa shape index (κ2) is 6.79. The van der Waals surface area contributed by atoms with Gasteiger partial charge in [-0.05, 0) is 19.8 Å². The fourth-order valence-corrected chi connectivity index (χ4v) is 3.22. The van der Waals surface area contributed by atoms with Crippen LogP contribution in [-0.4, -0.2) is 32.1 Å². The van der Waals surface area contributed by atoms with Crippen molar-refractivity contribution in [1.82, 2.24) is 20.2 Å². The van der Waals surface area contributed by atoms with Crippen LogP contribution in [0.1, 0.15) is 50.8 Å². The van der Waals surface area contributed by atoms with Gasteiger partial charge in [-0.2, -0.15) is 0 Å².